The number of carbonyl (C=O) groups is 1. The van der Waals surface area contributed by atoms with Crippen molar-refractivity contribution in [2.24, 2.45) is 0 Å². The maximum Gasteiger partial charge on any atom is 0.338 e. The van der Waals surface area contributed by atoms with Crippen LogP contribution in [0.2, 0.25) is 0 Å². The van der Waals surface area contributed by atoms with E-state index in [9.17, 15) is 9.18 Å². The van der Waals surface area contributed by atoms with Crippen molar-refractivity contribution in [2.75, 3.05) is 24.1 Å². The number of rotatable bonds is 3. The molecule has 114 valence electrons. The topological polar surface area (TPSA) is 78.6 Å². The second kappa shape index (κ2) is 5.52. The number of carboxylic acids is 1. The number of fused-ring (bicyclic) bond motifs is 1. The predicted molar refractivity (Wildman–Crippen MR) is 79.0 cm³/mol. The van der Waals surface area contributed by atoms with Crippen LogP contribution in [-0.4, -0.2) is 41.1 Å². The van der Waals surface area contributed by atoms with E-state index in [1.54, 1.807) is 0 Å². The van der Waals surface area contributed by atoms with E-state index in [1.807, 2.05) is 0 Å². The Balaban J connectivity index is 1.73. The van der Waals surface area contributed by atoms with Gasteiger partial charge in [-0.15, -0.1) is 0 Å². The minimum absolute atomic E-state index is 0.265. The number of halogens is 1. The quantitative estimate of drug-likeness (QED) is 0.744. The minimum atomic E-state index is -1.30. The Kier molecular flexibility index (Phi) is 3.71. The molecule has 0 aromatic heterocycles. The summed E-state index contributed by atoms with van der Waals surface area (Å²) in [4.78, 5) is 13.4. The number of piperidine rings is 1. The maximum atomic E-state index is 13.8. The van der Waals surface area contributed by atoms with Crippen LogP contribution in [0.1, 0.15) is 36.0 Å². The number of hydrogen-bond donors (Lipinski definition) is 3. The molecule has 2 fully saturated rings. The zero-order valence-electron chi connectivity index (χ0n) is 11.8. The Morgan fingerprint density at radius 3 is 2.95 bits per heavy atom. The van der Waals surface area contributed by atoms with Gasteiger partial charge in [-0.05, 0) is 44.4 Å². The van der Waals surface area contributed by atoms with Gasteiger partial charge in [0.25, 0.3) is 0 Å². The first-order valence-electron chi connectivity index (χ1n) is 7.37. The van der Waals surface area contributed by atoms with Crippen molar-refractivity contribution in [2.45, 2.75) is 37.8 Å². The molecule has 1 aromatic rings. The molecule has 2 saturated heterocycles. The van der Waals surface area contributed by atoms with E-state index < -0.39 is 11.8 Å². The highest BCUT2D eigenvalue weighted by molar-refractivity contribution is 5.90. The average Bonchev–Trinajstić information content (AvgIpc) is 2.89. The molecule has 5 nitrogen and oxygen atoms in total. The number of aromatic carboxylic acids is 1. The van der Waals surface area contributed by atoms with E-state index in [2.05, 4.69) is 10.2 Å². The van der Waals surface area contributed by atoms with Crippen LogP contribution in [0, 0.1) is 5.82 Å². The van der Waals surface area contributed by atoms with Crippen molar-refractivity contribution in [3.63, 3.8) is 0 Å². The van der Waals surface area contributed by atoms with E-state index in [4.69, 9.17) is 10.8 Å². The predicted octanol–water partition coefficient (Wildman–Crippen LogP) is 2.14. The van der Waals surface area contributed by atoms with Crippen LogP contribution < -0.4 is 11.1 Å². The smallest absolute Gasteiger partial charge is 0.338 e. The molecule has 0 radical (unpaired) electrons. The first kappa shape index (κ1) is 14.1. The van der Waals surface area contributed by atoms with E-state index in [0.717, 1.165) is 19.4 Å². The Labute approximate surface area is 122 Å². The van der Waals surface area contributed by atoms with Crippen LogP contribution in [0.25, 0.3) is 0 Å². The van der Waals surface area contributed by atoms with Gasteiger partial charge >= 0.3 is 5.97 Å². The molecule has 2 aliphatic heterocycles. The van der Waals surface area contributed by atoms with E-state index in [1.165, 1.54) is 31.5 Å². The Morgan fingerprint density at radius 2 is 2.19 bits per heavy atom. The van der Waals surface area contributed by atoms with Crippen molar-refractivity contribution in [1.29, 1.82) is 0 Å². The summed E-state index contributed by atoms with van der Waals surface area (Å²) in [7, 11) is 0. The Hall–Kier alpha value is -1.82. The van der Waals surface area contributed by atoms with Crippen LogP contribution in [0.5, 0.6) is 0 Å². The van der Waals surface area contributed by atoms with Gasteiger partial charge in [-0.1, -0.05) is 0 Å². The second-order valence-corrected chi connectivity index (χ2v) is 5.92. The molecule has 0 saturated carbocycles. The zero-order valence-corrected chi connectivity index (χ0v) is 11.8. The molecule has 0 aliphatic carbocycles. The second-order valence-electron chi connectivity index (χ2n) is 5.92. The summed E-state index contributed by atoms with van der Waals surface area (Å²) in [6.45, 7) is 2.24. The van der Waals surface area contributed by atoms with Crippen LogP contribution in [0.3, 0.4) is 0 Å². The molecule has 0 spiro atoms. The standard InChI is InChI=1S/C15H20FN3O2/c16-12-8-14(13(17)7-11(12)15(20)21)18-9-3-5-19-4-1-2-10(19)6-9/h7-10,18H,1-6,17H2,(H,20,21). The Morgan fingerprint density at radius 1 is 1.38 bits per heavy atom. The maximum absolute atomic E-state index is 13.8. The highest BCUT2D eigenvalue weighted by Crippen LogP contribution is 2.30. The molecule has 3 rings (SSSR count). The van der Waals surface area contributed by atoms with Crippen molar-refractivity contribution in [1.82, 2.24) is 4.90 Å². The van der Waals surface area contributed by atoms with E-state index in [-0.39, 0.29) is 17.3 Å². The molecule has 6 heteroatoms. The number of benzene rings is 1. The molecular formula is C15H20FN3O2. The molecule has 0 amide bonds. The number of nitrogens with two attached hydrogens (primary N) is 1. The fourth-order valence-electron chi connectivity index (χ4n) is 3.45. The molecule has 1 aromatic carbocycles. The number of nitrogen functional groups attached to an aromatic ring is 1. The lowest BCUT2D eigenvalue weighted by atomic mass is 9.97. The monoisotopic (exact) mass is 293 g/mol. The first-order chi connectivity index (χ1) is 10.0. The SMILES string of the molecule is Nc1cc(C(=O)O)c(F)cc1NC1CCN2CCCC2C1. The van der Waals surface area contributed by atoms with Crippen molar-refractivity contribution < 1.29 is 14.3 Å². The number of nitrogens with zero attached hydrogens (tertiary/aromatic N) is 1. The third-order valence-electron chi connectivity index (χ3n) is 4.55. The van der Waals surface area contributed by atoms with Crippen molar-refractivity contribution >= 4 is 17.3 Å². The largest absolute Gasteiger partial charge is 0.478 e. The van der Waals surface area contributed by atoms with Gasteiger partial charge in [0.15, 0.2) is 0 Å². The van der Waals surface area contributed by atoms with Crippen molar-refractivity contribution in [3.8, 4) is 0 Å². The molecule has 2 heterocycles. The zero-order chi connectivity index (χ0) is 15.0. The van der Waals surface area contributed by atoms with Crippen molar-refractivity contribution in [3.05, 3.63) is 23.5 Å². The third kappa shape index (κ3) is 2.81. The summed E-state index contributed by atoms with van der Waals surface area (Å²) in [5, 5.41) is 12.2. The van der Waals surface area contributed by atoms with Gasteiger partial charge in [-0.3, -0.25) is 0 Å². The lowest BCUT2D eigenvalue weighted by Crippen LogP contribution is -2.42. The lowest BCUT2D eigenvalue weighted by Gasteiger charge is -2.35. The lowest BCUT2D eigenvalue weighted by molar-refractivity contribution is 0.0692. The number of nitrogens with one attached hydrogen (secondary N) is 1. The van der Waals surface area contributed by atoms with Gasteiger partial charge in [0.1, 0.15) is 5.82 Å². The summed E-state index contributed by atoms with van der Waals surface area (Å²) in [5.41, 5.74) is 6.24. The molecular weight excluding hydrogens is 273 g/mol. The minimum Gasteiger partial charge on any atom is -0.478 e. The molecule has 2 unspecified atom stereocenters. The molecule has 4 N–H and O–H groups in total. The summed E-state index contributed by atoms with van der Waals surface area (Å²) < 4.78 is 13.8. The summed E-state index contributed by atoms with van der Waals surface area (Å²) in [5.74, 6) is -2.05. The van der Waals surface area contributed by atoms with E-state index in [0.29, 0.717) is 11.7 Å². The fraction of sp³-hybridized carbons (Fsp3) is 0.533. The van der Waals surface area contributed by atoms with Crippen LogP contribution in [0.4, 0.5) is 15.8 Å². The summed E-state index contributed by atoms with van der Waals surface area (Å²) >= 11 is 0. The molecule has 2 atom stereocenters. The summed E-state index contributed by atoms with van der Waals surface area (Å²) in [6.07, 6.45) is 4.50. The average molecular weight is 293 g/mol. The van der Waals surface area contributed by atoms with Gasteiger partial charge in [0, 0.05) is 18.6 Å². The highest BCUT2D eigenvalue weighted by Gasteiger charge is 2.31. The molecule has 21 heavy (non-hydrogen) atoms. The highest BCUT2D eigenvalue weighted by atomic mass is 19.1. The third-order valence-corrected chi connectivity index (χ3v) is 4.55. The summed E-state index contributed by atoms with van der Waals surface area (Å²) in [6, 6.07) is 3.26. The van der Waals surface area contributed by atoms with Crippen LogP contribution in [-0.2, 0) is 0 Å². The number of carboxylic acid groups (broad SMARTS) is 1. The van der Waals surface area contributed by atoms with E-state index >= 15 is 0 Å². The van der Waals surface area contributed by atoms with Gasteiger partial charge in [0.05, 0.1) is 16.9 Å². The number of anilines is 2. The molecule has 2 aliphatic rings. The van der Waals surface area contributed by atoms with Gasteiger partial charge in [0.2, 0.25) is 0 Å². The van der Waals surface area contributed by atoms with Gasteiger partial charge in [-0.25, -0.2) is 9.18 Å². The number of hydrogen-bond acceptors (Lipinski definition) is 4. The first-order valence-corrected chi connectivity index (χ1v) is 7.37. The van der Waals surface area contributed by atoms with Gasteiger partial charge in [-0.2, -0.15) is 0 Å². The Bertz CT molecular complexity index is 564. The fourth-order valence-corrected chi connectivity index (χ4v) is 3.45. The van der Waals surface area contributed by atoms with Crippen LogP contribution >= 0.6 is 0 Å². The molecule has 0 bridgehead atoms. The van der Waals surface area contributed by atoms with Gasteiger partial charge < -0.3 is 21.1 Å². The van der Waals surface area contributed by atoms with Crippen LogP contribution in [0.15, 0.2) is 12.1 Å². The normalized spacial score (nSPS) is 25.6.